The van der Waals surface area contributed by atoms with Crippen LogP contribution in [0.4, 0.5) is 0 Å². The first-order chi connectivity index (χ1) is 12.8. The lowest BCUT2D eigenvalue weighted by Crippen LogP contribution is -2.44. The second-order valence-corrected chi connectivity index (χ2v) is 7.11. The number of hydrogen-bond donors (Lipinski definition) is 3. The van der Waals surface area contributed by atoms with Crippen LogP contribution in [0, 0.1) is 0 Å². The fourth-order valence-corrected chi connectivity index (χ4v) is 3.40. The third-order valence-electron chi connectivity index (χ3n) is 3.59. The number of hydrazine groups is 1. The van der Waals surface area contributed by atoms with Crippen LogP contribution >= 0.6 is 24.0 Å². The van der Waals surface area contributed by atoms with E-state index in [1.807, 2.05) is 0 Å². The molecule has 9 heteroatoms. The van der Waals surface area contributed by atoms with E-state index in [1.165, 1.54) is 36.4 Å². The number of benzene rings is 2. The highest BCUT2D eigenvalue weighted by molar-refractivity contribution is 8.26. The molecule has 0 aromatic heterocycles. The summed E-state index contributed by atoms with van der Waals surface area (Å²) in [6.07, 6.45) is 1.57. The Balaban J connectivity index is 1.75. The number of phenols is 1. The summed E-state index contributed by atoms with van der Waals surface area (Å²) in [6.45, 7) is 0. The van der Waals surface area contributed by atoms with E-state index in [0.29, 0.717) is 10.5 Å². The Hall–Kier alpha value is -3.17. The topological polar surface area (TPSA) is 107 Å². The molecule has 1 aliphatic rings. The van der Waals surface area contributed by atoms with Gasteiger partial charge in [-0.1, -0.05) is 23.9 Å². The van der Waals surface area contributed by atoms with Gasteiger partial charge in [0, 0.05) is 5.56 Å². The van der Waals surface area contributed by atoms with Crippen LogP contribution < -0.4 is 5.43 Å². The molecule has 0 unspecified atom stereocenters. The number of nitrogens with one attached hydrogen (secondary N) is 1. The standard InChI is InChI=1S/C18H12N2O5S2/c21-13-7-5-11(6-8-13)15(22)19-20-16(23)14(27-18(20)26)9-10-1-3-12(4-2-10)17(24)25/h1-9,21H,(H,19,22)(H,24,25)/b14-9-. The van der Waals surface area contributed by atoms with Gasteiger partial charge in [0.15, 0.2) is 4.32 Å². The van der Waals surface area contributed by atoms with Gasteiger partial charge in [0.05, 0.1) is 10.5 Å². The number of aromatic hydroxyl groups is 1. The fraction of sp³-hybridized carbons (Fsp3) is 0. The van der Waals surface area contributed by atoms with Crippen LogP contribution in [0.15, 0.2) is 53.4 Å². The monoisotopic (exact) mass is 400 g/mol. The van der Waals surface area contributed by atoms with Crippen LogP contribution in [0.1, 0.15) is 26.3 Å². The van der Waals surface area contributed by atoms with Crippen molar-refractivity contribution in [3.63, 3.8) is 0 Å². The predicted molar refractivity (Wildman–Crippen MR) is 104 cm³/mol. The Kier molecular flexibility index (Phi) is 5.24. The number of thiocarbonyl (C=S) groups is 1. The summed E-state index contributed by atoms with van der Waals surface area (Å²) in [7, 11) is 0. The van der Waals surface area contributed by atoms with Crippen LogP contribution in [0.25, 0.3) is 6.08 Å². The second-order valence-electron chi connectivity index (χ2n) is 5.43. The minimum absolute atomic E-state index is 0.0222. The zero-order valence-electron chi connectivity index (χ0n) is 13.6. The van der Waals surface area contributed by atoms with Crippen molar-refractivity contribution in [2.45, 2.75) is 0 Å². The Morgan fingerprint density at radius 2 is 1.63 bits per heavy atom. The zero-order chi connectivity index (χ0) is 19.6. The number of nitrogens with zero attached hydrogens (tertiary/aromatic N) is 1. The molecule has 2 aromatic carbocycles. The highest BCUT2D eigenvalue weighted by atomic mass is 32.2. The van der Waals surface area contributed by atoms with E-state index in [-0.39, 0.29) is 21.2 Å². The predicted octanol–water partition coefficient (Wildman–Crippen LogP) is 2.64. The van der Waals surface area contributed by atoms with Crippen molar-refractivity contribution in [2.75, 3.05) is 0 Å². The Bertz CT molecular complexity index is 968. The number of thioether (sulfide) groups is 1. The van der Waals surface area contributed by atoms with Gasteiger partial charge in [0.1, 0.15) is 5.75 Å². The molecule has 3 rings (SSSR count). The first-order valence-electron chi connectivity index (χ1n) is 7.56. The van der Waals surface area contributed by atoms with Gasteiger partial charge in [0.25, 0.3) is 11.8 Å². The normalized spacial score (nSPS) is 15.3. The van der Waals surface area contributed by atoms with Crippen LogP contribution in [-0.4, -0.2) is 37.3 Å². The van der Waals surface area contributed by atoms with Crippen molar-refractivity contribution in [1.82, 2.24) is 10.4 Å². The highest BCUT2D eigenvalue weighted by Gasteiger charge is 2.33. The van der Waals surface area contributed by atoms with Gasteiger partial charge >= 0.3 is 5.97 Å². The molecule has 2 amide bonds. The lowest BCUT2D eigenvalue weighted by Gasteiger charge is -2.15. The molecule has 0 spiro atoms. The smallest absolute Gasteiger partial charge is 0.335 e. The molecule has 0 radical (unpaired) electrons. The molecular weight excluding hydrogens is 388 g/mol. The third-order valence-corrected chi connectivity index (χ3v) is 4.89. The molecule has 0 aliphatic carbocycles. The molecule has 1 fully saturated rings. The van der Waals surface area contributed by atoms with E-state index in [4.69, 9.17) is 17.3 Å². The largest absolute Gasteiger partial charge is 0.508 e. The number of aromatic carboxylic acids is 1. The minimum Gasteiger partial charge on any atom is -0.508 e. The molecule has 0 atom stereocenters. The molecule has 136 valence electrons. The molecule has 1 aliphatic heterocycles. The average molecular weight is 400 g/mol. The second kappa shape index (κ2) is 7.60. The van der Waals surface area contributed by atoms with Gasteiger partial charge in [0.2, 0.25) is 0 Å². The maximum absolute atomic E-state index is 12.5. The summed E-state index contributed by atoms with van der Waals surface area (Å²) < 4.78 is 0.167. The van der Waals surface area contributed by atoms with Crippen LogP contribution in [0.3, 0.4) is 0 Å². The number of phenolic OH excluding ortho intramolecular Hbond substituents is 1. The Morgan fingerprint density at radius 3 is 2.22 bits per heavy atom. The van der Waals surface area contributed by atoms with Crippen LogP contribution in [0.2, 0.25) is 0 Å². The Labute approximate surface area is 163 Å². The maximum atomic E-state index is 12.5. The molecule has 1 saturated heterocycles. The van der Waals surface area contributed by atoms with Gasteiger partial charge in [-0.3, -0.25) is 15.0 Å². The van der Waals surface area contributed by atoms with E-state index in [0.717, 1.165) is 16.8 Å². The first kappa shape index (κ1) is 18.6. The molecule has 27 heavy (non-hydrogen) atoms. The summed E-state index contributed by atoms with van der Waals surface area (Å²) in [4.78, 5) is 35.9. The molecule has 7 nitrogen and oxygen atoms in total. The fourth-order valence-electron chi connectivity index (χ4n) is 2.22. The third kappa shape index (κ3) is 4.15. The van der Waals surface area contributed by atoms with Crippen molar-refractivity contribution >= 4 is 52.2 Å². The number of carboxylic acid groups (broad SMARTS) is 1. The van der Waals surface area contributed by atoms with E-state index in [2.05, 4.69) is 5.43 Å². The van der Waals surface area contributed by atoms with Crippen molar-refractivity contribution in [1.29, 1.82) is 0 Å². The number of carbonyl (C=O) groups excluding carboxylic acids is 2. The molecular formula is C18H12N2O5S2. The summed E-state index contributed by atoms with van der Waals surface area (Å²) in [6, 6.07) is 11.6. The molecule has 0 bridgehead atoms. The van der Waals surface area contributed by atoms with Crippen LogP contribution in [-0.2, 0) is 4.79 Å². The van der Waals surface area contributed by atoms with Crippen molar-refractivity contribution < 1.29 is 24.6 Å². The van der Waals surface area contributed by atoms with Crippen LogP contribution in [0.5, 0.6) is 5.75 Å². The molecule has 1 heterocycles. The van der Waals surface area contributed by atoms with Crippen molar-refractivity contribution in [2.24, 2.45) is 0 Å². The van der Waals surface area contributed by atoms with Crippen molar-refractivity contribution in [3.8, 4) is 5.75 Å². The number of hydrogen-bond acceptors (Lipinski definition) is 6. The summed E-state index contributed by atoms with van der Waals surface area (Å²) in [5, 5.41) is 19.2. The van der Waals surface area contributed by atoms with Crippen molar-refractivity contribution in [3.05, 3.63) is 70.1 Å². The number of amides is 2. The van der Waals surface area contributed by atoms with E-state index in [1.54, 1.807) is 18.2 Å². The van der Waals surface area contributed by atoms with Gasteiger partial charge in [-0.25, -0.2) is 4.79 Å². The van der Waals surface area contributed by atoms with Gasteiger partial charge in [-0.05, 0) is 60.3 Å². The Morgan fingerprint density at radius 1 is 1.04 bits per heavy atom. The summed E-state index contributed by atoms with van der Waals surface area (Å²) >= 11 is 6.17. The van der Waals surface area contributed by atoms with Gasteiger partial charge in [-0.15, -0.1) is 0 Å². The molecule has 3 N–H and O–H groups in total. The lowest BCUT2D eigenvalue weighted by atomic mass is 10.1. The number of carboxylic acids is 1. The summed E-state index contributed by atoms with van der Waals surface area (Å²) in [5.41, 5.74) is 3.47. The van der Waals surface area contributed by atoms with E-state index >= 15 is 0 Å². The van der Waals surface area contributed by atoms with Gasteiger partial charge < -0.3 is 10.2 Å². The average Bonchev–Trinajstić information content (AvgIpc) is 2.90. The molecule has 2 aromatic rings. The maximum Gasteiger partial charge on any atom is 0.335 e. The molecule has 0 saturated carbocycles. The lowest BCUT2D eigenvalue weighted by molar-refractivity contribution is -0.123. The zero-order valence-corrected chi connectivity index (χ0v) is 15.2. The quantitative estimate of drug-likeness (QED) is 0.535. The summed E-state index contributed by atoms with van der Waals surface area (Å²) in [5.74, 6) is -2.04. The highest BCUT2D eigenvalue weighted by Crippen LogP contribution is 2.31. The minimum atomic E-state index is -1.04. The number of carbonyl (C=O) groups is 3. The van der Waals surface area contributed by atoms with E-state index in [9.17, 15) is 19.5 Å². The van der Waals surface area contributed by atoms with Gasteiger partial charge in [-0.2, -0.15) is 5.01 Å². The number of rotatable bonds is 4. The van der Waals surface area contributed by atoms with E-state index < -0.39 is 17.8 Å². The first-order valence-corrected chi connectivity index (χ1v) is 8.79. The SMILES string of the molecule is O=C(O)c1ccc(/C=C2\SC(=S)N(NC(=O)c3ccc(O)cc3)C2=O)cc1.